The van der Waals surface area contributed by atoms with Crippen LogP contribution in [0.2, 0.25) is 0 Å². The summed E-state index contributed by atoms with van der Waals surface area (Å²) in [5, 5.41) is 5.16. The Balaban J connectivity index is 0.000000994. The second-order valence-corrected chi connectivity index (χ2v) is 8.49. The van der Waals surface area contributed by atoms with E-state index in [1.807, 2.05) is 13.8 Å². The maximum atomic E-state index is 6.71. The minimum absolute atomic E-state index is 0.582. The van der Waals surface area contributed by atoms with Crippen molar-refractivity contribution in [3.63, 3.8) is 0 Å². The van der Waals surface area contributed by atoms with Gasteiger partial charge in [0.15, 0.2) is 11.5 Å². The highest BCUT2D eigenvalue weighted by Gasteiger charge is 2.30. The molecule has 1 saturated carbocycles. The Labute approximate surface area is 185 Å². The molecule has 0 aromatic heterocycles. The zero-order valence-electron chi connectivity index (χ0n) is 18.8. The molecule has 1 fully saturated rings. The zero-order valence-corrected chi connectivity index (χ0v) is 18.8. The molecule has 0 N–H and O–H groups in total. The molecule has 1 heterocycles. The van der Waals surface area contributed by atoms with Crippen molar-refractivity contribution in [1.29, 1.82) is 0 Å². The van der Waals surface area contributed by atoms with Crippen LogP contribution in [0.15, 0.2) is 66.7 Å². The van der Waals surface area contributed by atoms with Crippen LogP contribution in [0.3, 0.4) is 0 Å². The Kier molecular flexibility index (Phi) is 5.31. The monoisotopic (exact) mass is 409 g/mol. The molecule has 0 amide bonds. The lowest BCUT2D eigenvalue weighted by atomic mass is 9.81. The Morgan fingerprint density at radius 1 is 0.774 bits per heavy atom. The van der Waals surface area contributed by atoms with Crippen LogP contribution in [0.25, 0.3) is 21.5 Å². The molecular formula is C29H31NO. The van der Waals surface area contributed by atoms with Crippen LogP contribution in [-0.2, 0) is 0 Å². The molecule has 0 bridgehead atoms. The van der Waals surface area contributed by atoms with Gasteiger partial charge in [0.25, 0.3) is 0 Å². The molecule has 0 atom stereocenters. The molecule has 2 heteroatoms. The molecule has 1 aliphatic heterocycles. The summed E-state index contributed by atoms with van der Waals surface area (Å²) >= 11 is 0. The molecule has 4 aromatic carbocycles. The Morgan fingerprint density at radius 3 is 2.23 bits per heavy atom. The quantitative estimate of drug-likeness (QED) is 0.311. The largest absolute Gasteiger partial charge is 0.453 e. The van der Waals surface area contributed by atoms with Crippen LogP contribution in [0.4, 0.5) is 11.4 Å². The van der Waals surface area contributed by atoms with Gasteiger partial charge in [0, 0.05) is 18.0 Å². The van der Waals surface area contributed by atoms with Gasteiger partial charge in [-0.25, -0.2) is 0 Å². The predicted octanol–water partition coefficient (Wildman–Crippen LogP) is 8.94. The molecule has 2 aliphatic rings. The van der Waals surface area contributed by atoms with Gasteiger partial charge in [-0.2, -0.15) is 0 Å². The second-order valence-electron chi connectivity index (χ2n) is 8.49. The Hall–Kier alpha value is -3.00. The molecule has 0 radical (unpaired) electrons. The topological polar surface area (TPSA) is 12.5 Å². The first-order valence-electron chi connectivity index (χ1n) is 11.8. The van der Waals surface area contributed by atoms with Gasteiger partial charge in [-0.1, -0.05) is 87.7 Å². The van der Waals surface area contributed by atoms with E-state index in [1.54, 1.807) is 0 Å². The van der Waals surface area contributed by atoms with E-state index in [0.29, 0.717) is 5.92 Å². The third kappa shape index (κ3) is 3.26. The molecule has 0 spiro atoms. The summed E-state index contributed by atoms with van der Waals surface area (Å²) < 4.78 is 6.71. The fraction of sp³-hybridized carbons (Fsp3) is 0.310. The number of rotatable bonds is 1. The van der Waals surface area contributed by atoms with Crippen molar-refractivity contribution in [3.8, 4) is 11.5 Å². The van der Waals surface area contributed by atoms with Gasteiger partial charge in [0.05, 0.1) is 11.4 Å². The minimum Gasteiger partial charge on any atom is -0.453 e. The lowest BCUT2D eigenvalue weighted by Crippen LogP contribution is -2.18. The van der Waals surface area contributed by atoms with Crippen LogP contribution in [0.1, 0.15) is 57.4 Å². The summed E-state index contributed by atoms with van der Waals surface area (Å²) in [6.45, 7) is 4.00. The molecule has 31 heavy (non-hydrogen) atoms. The second kappa shape index (κ2) is 8.26. The fourth-order valence-corrected chi connectivity index (χ4v) is 5.39. The predicted molar refractivity (Wildman–Crippen MR) is 133 cm³/mol. The number of fused-ring (bicyclic) bond motifs is 5. The van der Waals surface area contributed by atoms with Gasteiger partial charge >= 0.3 is 0 Å². The highest BCUT2D eigenvalue weighted by atomic mass is 16.5. The number of benzene rings is 4. The summed E-state index contributed by atoms with van der Waals surface area (Å²) in [4.78, 5) is 2.34. The van der Waals surface area contributed by atoms with E-state index in [-0.39, 0.29) is 0 Å². The van der Waals surface area contributed by atoms with Crippen molar-refractivity contribution in [3.05, 3.63) is 72.3 Å². The van der Waals surface area contributed by atoms with E-state index in [1.165, 1.54) is 70.6 Å². The summed E-state index contributed by atoms with van der Waals surface area (Å²) in [6.07, 6.45) is 6.52. The van der Waals surface area contributed by atoms with Crippen molar-refractivity contribution in [1.82, 2.24) is 0 Å². The van der Waals surface area contributed by atoms with Crippen LogP contribution >= 0.6 is 0 Å². The SMILES string of the molecule is CC.CN1c2cc3ccccc3c(C3CCCCC3)c2Oc2ccc3ccccc3c21. The average molecular weight is 410 g/mol. The first-order valence-corrected chi connectivity index (χ1v) is 11.8. The first-order chi connectivity index (χ1) is 15.3. The lowest BCUT2D eigenvalue weighted by Gasteiger charge is -2.35. The maximum absolute atomic E-state index is 6.71. The number of anilines is 2. The lowest BCUT2D eigenvalue weighted by molar-refractivity contribution is 0.419. The van der Waals surface area contributed by atoms with Crippen molar-refractivity contribution >= 4 is 32.9 Å². The summed E-state index contributed by atoms with van der Waals surface area (Å²) in [7, 11) is 2.19. The number of hydrogen-bond donors (Lipinski definition) is 0. The third-order valence-corrected chi connectivity index (χ3v) is 6.81. The van der Waals surface area contributed by atoms with Crippen molar-refractivity contribution in [2.45, 2.75) is 51.9 Å². The van der Waals surface area contributed by atoms with Gasteiger partial charge in [-0.05, 0) is 47.1 Å². The fourth-order valence-electron chi connectivity index (χ4n) is 5.39. The maximum Gasteiger partial charge on any atom is 0.155 e. The molecule has 2 nitrogen and oxygen atoms in total. The van der Waals surface area contributed by atoms with E-state index in [9.17, 15) is 0 Å². The van der Waals surface area contributed by atoms with Gasteiger partial charge in [0.2, 0.25) is 0 Å². The average Bonchev–Trinajstić information content (AvgIpc) is 2.84. The van der Waals surface area contributed by atoms with E-state index in [0.717, 1.165) is 11.5 Å². The Bertz CT molecular complexity index is 1240. The van der Waals surface area contributed by atoms with Crippen LogP contribution in [0, 0.1) is 0 Å². The standard InChI is InChI=1S/C27H25NO.C2H6/c1-28-23-17-20-12-6-7-13-21(20)25(19-10-3-2-4-11-19)27(23)29-24-16-15-18-9-5-8-14-22(18)26(24)28;1-2/h5-9,12-17,19H,2-4,10-11H2,1H3;1-2H3. The van der Waals surface area contributed by atoms with Gasteiger partial charge in [0.1, 0.15) is 0 Å². The third-order valence-electron chi connectivity index (χ3n) is 6.81. The number of nitrogens with zero attached hydrogens (tertiary/aromatic N) is 1. The Morgan fingerprint density at radius 2 is 1.45 bits per heavy atom. The summed E-state index contributed by atoms with van der Waals surface area (Å²) in [5.41, 5.74) is 3.78. The van der Waals surface area contributed by atoms with E-state index < -0.39 is 0 Å². The minimum atomic E-state index is 0.582. The van der Waals surface area contributed by atoms with E-state index in [2.05, 4.69) is 78.7 Å². The molecule has 0 saturated heterocycles. The van der Waals surface area contributed by atoms with Crippen molar-refractivity contribution in [2.24, 2.45) is 0 Å². The van der Waals surface area contributed by atoms with Crippen LogP contribution in [0.5, 0.6) is 11.5 Å². The van der Waals surface area contributed by atoms with Crippen LogP contribution in [-0.4, -0.2) is 7.05 Å². The van der Waals surface area contributed by atoms with E-state index >= 15 is 0 Å². The van der Waals surface area contributed by atoms with Gasteiger partial charge in [-0.3, -0.25) is 0 Å². The van der Waals surface area contributed by atoms with Crippen molar-refractivity contribution in [2.75, 3.05) is 11.9 Å². The van der Waals surface area contributed by atoms with Gasteiger partial charge in [-0.15, -0.1) is 0 Å². The van der Waals surface area contributed by atoms with E-state index in [4.69, 9.17) is 4.74 Å². The summed E-state index contributed by atoms with van der Waals surface area (Å²) in [6, 6.07) is 24.0. The number of ether oxygens (including phenoxy) is 1. The number of hydrogen-bond acceptors (Lipinski definition) is 2. The molecular weight excluding hydrogens is 378 g/mol. The highest BCUT2D eigenvalue weighted by Crippen LogP contribution is 2.54. The van der Waals surface area contributed by atoms with Crippen LogP contribution < -0.4 is 9.64 Å². The molecule has 1 aliphatic carbocycles. The summed E-state index contributed by atoms with van der Waals surface area (Å²) in [5.74, 6) is 2.62. The normalized spacial score (nSPS) is 15.6. The van der Waals surface area contributed by atoms with Crippen molar-refractivity contribution < 1.29 is 4.74 Å². The highest BCUT2D eigenvalue weighted by molar-refractivity contribution is 6.03. The molecule has 0 unspecified atom stereocenters. The molecule has 158 valence electrons. The van der Waals surface area contributed by atoms with Gasteiger partial charge < -0.3 is 9.64 Å². The molecule has 6 rings (SSSR count). The molecule has 4 aromatic rings. The first kappa shape index (κ1) is 19.9. The zero-order chi connectivity index (χ0) is 21.4. The smallest absolute Gasteiger partial charge is 0.155 e.